The van der Waals surface area contributed by atoms with E-state index in [1.807, 2.05) is 30.3 Å². The minimum absolute atomic E-state index is 0.0592. The molecule has 2 atom stereocenters. The van der Waals surface area contributed by atoms with Gasteiger partial charge in [0.25, 0.3) is 5.91 Å². The average molecular weight is 539 g/mol. The van der Waals surface area contributed by atoms with Crippen LogP contribution in [0.15, 0.2) is 60.7 Å². The van der Waals surface area contributed by atoms with Crippen LogP contribution in [0.3, 0.4) is 0 Å². The zero-order valence-corrected chi connectivity index (χ0v) is 22.8. The fourth-order valence-corrected chi connectivity index (χ4v) is 4.77. The number of fused-ring (bicyclic) bond motifs is 1. The van der Waals surface area contributed by atoms with E-state index in [1.165, 1.54) is 14.2 Å². The quantitative estimate of drug-likeness (QED) is 0.216. The number of nitrogens with zero attached hydrogens (tertiary/aromatic N) is 2. The van der Waals surface area contributed by atoms with Crippen molar-refractivity contribution in [3.8, 4) is 5.75 Å². The van der Waals surface area contributed by atoms with Crippen molar-refractivity contribution in [3.63, 3.8) is 0 Å². The number of benzene rings is 2. The number of amides is 2. The van der Waals surface area contributed by atoms with Gasteiger partial charge in [-0.15, -0.1) is 0 Å². The molecule has 1 aliphatic heterocycles. The zero-order valence-electron chi connectivity index (χ0n) is 22.8. The van der Waals surface area contributed by atoms with Crippen LogP contribution in [0, 0.1) is 5.92 Å². The zero-order chi connectivity index (χ0) is 28.4. The van der Waals surface area contributed by atoms with Crippen LogP contribution in [-0.2, 0) is 31.3 Å². The Balaban J connectivity index is 1.74. The van der Waals surface area contributed by atoms with E-state index in [-0.39, 0.29) is 37.9 Å². The average Bonchev–Trinajstić information content (AvgIpc) is 3.17. The smallest absolute Gasteiger partial charge is 0.305 e. The number of unbranched alkanes of at least 4 members (excludes halogenated alkanes) is 1. The highest BCUT2D eigenvalue weighted by Gasteiger charge is 2.52. The first kappa shape index (κ1) is 29.9. The monoisotopic (exact) mass is 538 g/mol. The van der Waals surface area contributed by atoms with Gasteiger partial charge in [-0.2, -0.15) is 0 Å². The summed E-state index contributed by atoms with van der Waals surface area (Å²) in [4.78, 5) is 41.1. The van der Waals surface area contributed by atoms with Crippen molar-refractivity contribution in [1.29, 1.82) is 0 Å². The van der Waals surface area contributed by atoms with Crippen LogP contribution in [0.25, 0.3) is 0 Å². The number of aliphatic hydroxyl groups is 2. The summed E-state index contributed by atoms with van der Waals surface area (Å²) in [7, 11) is 2.86. The van der Waals surface area contributed by atoms with Gasteiger partial charge in [-0.1, -0.05) is 49.4 Å². The van der Waals surface area contributed by atoms with Gasteiger partial charge >= 0.3 is 5.97 Å². The highest BCUT2D eigenvalue weighted by atomic mass is 16.5. The van der Waals surface area contributed by atoms with Crippen LogP contribution >= 0.6 is 0 Å². The lowest BCUT2D eigenvalue weighted by atomic mass is 9.83. The summed E-state index contributed by atoms with van der Waals surface area (Å²) in [6.45, 7) is 2.50. The number of anilines is 1. The van der Waals surface area contributed by atoms with Crippen molar-refractivity contribution in [1.82, 2.24) is 4.90 Å². The van der Waals surface area contributed by atoms with Crippen LogP contribution in [0.1, 0.15) is 43.7 Å². The predicted octanol–water partition coefficient (Wildman–Crippen LogP) is 3.18. The maximum Gasteiger partial charge on any atom is 0.305 e. The fraction of sp³-hybridized carbons (Fsp3) is 0.433. The molecule has 3 rings (SSSR count). The molecule has 9 nitrogen and oxygen atoms in total. The van der Waals surface area contributed by atoms with Gasteiger partial charge in [0.15, 0.2) is 5.60 Å². The Morgan fingerprint density at radius 3 is 2.54 bits per heavy atom. The van der Waals surface area contributed by atoms with Gasteiger partial charge in [0, 0.05) is 44.0 Å². The maximum atomic E-state index is 13.6. The normalized spacial score (nSPS) is 17.3. The highest BCUT2D eigenvalue weighted by molar-refractivity contribution is 6.07. The van der Waals surface area contributed by atoms with E-state index in [9.17, 15) is 24.6 Å². The van der Waals surface area contributed by atoms with Crippen LogP contribution in [0.2, 0.25) is 0 Å². The molecule has 2 N–H and O–H groups in total. The van der Waals surface area contributed by atoms with Crippen molar-refractivity contribution in [3.05, 3.63) is 71.8 Å². The lowest BCUT2D eigenvalue weighted by Crippen LogP contribution is -2.44. The van der Waals surface area contributed by atoms with Crippen LogP contribution in [0.5, 0.6) is 5.75 Å². The molecule has 0 aliphatic carbocycles. The summed E-state index contributed by atoms with van der Waals surface area (Å²) >= 11 is 0. The highest BCUT2D eigenvalue weighted by Crippen LogP contribution is 2.46. The molecule has 2 aromatic carbocycles. The number of carbonyl (C=O) groups excluding carboxylic acids is 3. The summed E-state index contributed by atoms with van der Waals surface area (Å²) in [6.07, 6.45) is 4.76. The topological polar surface area (TPSA) is 117 Å². The Morgan fingerprint density at radius 1 is 1.13 bits per heavy atom. The summed E-state index contributed by atoms with van der Waals surface area (Å²) in [6, 6.07) is 14.7. The summed E-state index contributed by atoms with van der Waals surface area (Å²) in [5.41, 5.74) is 0.143. The second-order valence-corrected chi connectivity index (χ2v) is 9.58. The van der Waals surface area contributed by atoms with Gasteiger partial charge < -0.3 is 29.5 Å². The molecule has 39 heavy (non-hydrogen) atoms. The second kappa shape index (κ2) is 13.9. The summed E-state index contributed by atoms with van der Waals surface area (Å²) in [5, 5.41) is 21.2. The van der Waals surface area contributed by atoms with Crippen LogP contribution < -0.4 is 9.64 Å². The van der Waals surface area contributed by atoms with E-state index >= 15 is 0 Å². The van der Waals surface area contributed by atoms with Gasteiger partial charge in [-0.3, -0.25) is 14.4 Å². The first-order chi connectivity index (χ1) is 18.8. The van der Waals surface area contributed by atoms with Crippen molar-refractivity contribution in [2.45, 2.75) is 44.8 Å². The Bertz CT molecular complexity index is 1170. The van der Waals surface area contributed by atoms with E-state index in [4.69, 9.17) is 4.74 Å². The maximum absolute atomic E-state index is 13.6. The van der Waals surface area contributed by atoms with Crippen molar-refractivity contribution in [2.24, 2.45) is 5.92 Å². The van der Waals surface area contributed by atoms with Gasteiger partial charge in [0.1, 0.15) is 5.75 Å². The number of methoxy groups -OCH3 is 2. The lowest BCUT2D eigenvalue weighted by Gasteiger charge is -2.28. The largest absolute Gasteiger partial charge is 0.497 e. The molecule has 2 amide bonds. The van der Waals surface area contributed by atoms with E-state index in [2.05, 4.69) is 4.74 Å². The summed E-state index contributed by atoms with van der Waals surface area (Å²) < 4.78 is 10.0. The van der Waals surface area contributed by atoms with Crippen molar-refractivity contribution in [2.75, 3.05) is 38.8 Å². The third kappa shape index (κ3) is 7.04. The van der Waals surface area contributed by atoms with Gasteiger partial charge in [-0.25, -0.2) is 0 Å². The molecule has 0 radical (unpaired) electrons. The van der Waals surface area contributed by atoms with Crippen molar-refractivity contribution < 1.29 is 34.1 Å². The molecule has 0 saturated carbocycles. The molecule has 2 aromatic rings. The van der Waals surface area contributed by atoms with Crippen LogP contribution in [0.4, 0.5) is 5.69 Å². The molecule has 0 aromatic heterocycles. The van der Waals surface area contributed by atoms with E-state index in [0.717, 1.165) is 5.56 Å². The minimum atomic E-state index is -1.85. The van der Waals surface area contributed by atoms with Gasteiger partial charge in [0.2, 0.25) is 5.91 Å². The Kier molecular flexibility index (Phi) is 10.7. The van der Waals surface area contributed by atoms with Gasteiger partial charge in [0.05, 0.1) is 26.5 Å². The number of aliphatic hydroxyl groups excluding tert-OH is 1. The van der Waals surface area contributed by atoms with Gasteiger partial charge in [-0.05, 0) is 36.6 Å². The molecule has 0 fully saturated rings. The number of ether oxygens (including phenoxy) is 2. The van der Waals surface area contributed by atoms with E-state index in [0.29, 0.717) is 42.9 Å². The SMILES string of the molecule is COC(=O)CCCCN1C(=O)[C@](O)([C@H](C)/C=C/CC(=O)N(CCO)Cc2ccccc2)c2cc(OC)ccc21. The predicted molar refractivity (Wildman–Crippen MR) is 147 cm³/mol. The second-order valence-electron chi connectivity index (χ2n) is 9.58. The van der Waals surface area contributed by atoms with E-state index in [1.54, 1.807) is 47.1 Å². The Hall–Kier alpha value is -3.69. The first-order valence-electron chi connectivity index (χ1n) is 13.1. The Labute approximate surface area is 229 Å². The number of rotatable bonds is 14. The molecular weight excluding hydrogens is 500 g/mol. The minimum Gasteiger partial charge on any atom is -0.497 e. The third-order valence-corrected chi connectivity index (χ3v) is 7.03. The Morgan fingerprint density at radius 2 is 1.87 bits per heavy atom. The van der Waals surface area contributed by atoms with Crippen LogP contribution in [-0.4, -0.2) is 66.8 Å². The molecule has 1 heterocycles. The number of carbonyl (C=O) groups is 3. The molecular formula is C30H38N2O7. The standard InChI is InChI=1S/C30H38N2O7/c1-22(10-9-13-27(34)31(18-19-33)21-23-11-5-4-6-12-23)30(37)25-20-24(38-2)15-16-26(25)32(29(30)36)17-8-7-14-28(35)39-3/h4-6,9-12,15-16,20,22,33,37H,7-8,13-14,17-19,21H2,1-3H3/b10-9+/t22-,30+/m1/s1. The number of esters is 1. The van der Waals surface area contributed by atoms with Crippen molar-refractivity contribution >= 4 is 23.5 Å². The molecule has 0 bridgehead atoms. The molecule has 210 valence electrons. The fourth-order valence-electron chi connectivity index (χ4n) is 4.77. The summed E-state index contributed by atoms with van der Waals surface area (Å²) in [5.74, 6) is -1.07. The number of hydrogen-bond donors (Lipinski definition) is 2. The molecule has 0 unspecified atom stereocenters. The first-order valence-corrected chi connectivity index (χ1v) is 13.1. The molecule has 9 heteroatoms. The molecule has 1 aliphatic rings. The third-order valence-electron chi connectivity index (χ3n) is 7.03. The molecule has 0 spiro atoms. The number of hydrogen-bond acceptors (Lipinski definition) is 7. The molecule has 0 saturated heterocycles. The van der Waals surface area contributed by atoms with E-state index < -0.39 is 17.4 Å². The lowest BCUT2D eigenvalue weighted by molar-refractivity contribution is -0.140.